The predicted octanol–water partition coefficient (Wildman–Crippen LogP) is 2.78. The highest BCUT2D eigenvalue weighted by atomic mass is 19.1. The van der Waals surface area contributed by atoms with Gasteiger partial charge in [0.25, 0.3) is 0 Å². The second-order valence-corrected chi connectivity index (χ2v) is 4.51. The van der Waals surface area contributed by atoms with E-state index in [1.54, 1.807) is 13.2 Å². The Balaban J connectivity index is 2.26. The Labute approximate surface area is 95.6 Å². The molecule has 2 nitrogen and oxygen atoms in total. The third kappa shape index (κ3) is 1.97. The standard InChI is InChI=1S/C13H18FNO/c1-16-13(7-2-3-8-13)12(15)10-5-4-6-11(14)9-10/h4-6,9,12H,2-3,7-8,15H2,1H3. The molecule has 1 atom stereocenters. The third-order valence-electron chi connectivity index (χ3n) is 3.63. The molecule has 0 heterocycles. The second kappa shape index (κ2) is 4.52. The van der Waals surface area contributed by atoms with E-state index in [9.17, 15) is 4.39 Å². The first kappa shape index (κ1) is 11.6. The van der Waals surface area contributed by atoms with Crippen molar-refractivity contribution in [3.05, 3.63) is 35.6 Å². The van der Waals surface area contributed by atoms with Crippen LogP contribution in [-0.2, 0) is 4.74 Å². The highest BCUT2D eigenvalue weighted by Crippen LogP contribution is 2.41. The van der Waals surface area contributed by atoms with Gasteiger partial charge in [-0.05, 0) is 30.5 Å². The first-order chi connectivity index (χ1) is 7.68. The topological polar surface area (TPSA) is 35.2 Å². The van der Waals surface area contributed by atoms with Crippen molar-refractivity contribution in [1.82, 2.24) is 0 Å². The average Bonchev–Trinajstić information content (AvgIpc) is 2.78. The molecule has 1 unspecified atom stereocenters. The van der Waals surface area contributed by atoms with Gasteiger partial charge in [0.2, 0.25) is 0 Å². The fourth-order valence-electron chi connectivity index (χ4n) is 2.62. The normalized spacial score (nSPS) is 20.9. The van der Waals surface area contributed by atoms with Gasteiger partial charge in [0.05, 0.1) is 11.6 Å². The van der Waals surface area contributed by atoms with Crippen molar-refractivity contribution in [3.8, 4) is 0 Å². The molecule has 0 saturated heterocycles. The van der Waals surface area contributed by atoms with Crippen LogP contribution in [0.3, 0.4) is 0 Å². The summed E-state index contributed by atoms with van der Waals surface area (Å²) in [7, 11) is 1.70. The van der Waals surface area contributed by atoms with Crippen LogP contribution < -0.4 is 5.73 Å². The van der Waals surface area contributed by atoms with E-state index in [1.807, 2.05) is 6.07 Å². The number of rotatable bonds is 3. The van der Waals surface area contributed by atoms with E-state index in [0.29, 0.717) is 0 Å². The SMILES string of the molecule is COC1(C(N)c2cccc(F)c2)CCCC1. The minimum absolute atomic E-state index is 0.239. The molecule has 88 valence electrons. The van der Waals surface area contributed by atoms with Crippen LogP contribution in [0.2, 0.25) is 0 Å². The van der Waals surface area contributed by atoms with Gasteiger partial charge in [0, 0.05) is 7.11 Å². The predicted molar refractivity (Wildman–Crippen MR) is 61.5 cm³/mol. The van der Waals surface area contributed by atoms with E-state index >= 15 is 0 Å². The van der Waals surface area contributed by atoms with Gasteiger partial charge in [-0.2, -0.15) is 0 Å². The lowest BCUT2D eigenvalue weighted by Gasteiger charge is -2.34. The lowest BCUT2D eigenvalue weighted by atomic mass is 9.87. The van der Waals surface area contributed by atoms with Crippen LogP contribution >= 0.6 is 0 Å². The van der Waals surface area contributed by atoms with E-state index in [-0.39, 0.29) is 17.5 Å². The van der Waals surface area contributed by atoms with Gasteiger partial charge in [-0.15, -0.1) is 0 Å². The Morgan fingerprint density at radius 1 is 1.38 bits per heavy atom. The lowest BCUT2D eigenvalue weighted by Crippen LogP contribution is -2.40. The molecular formula is C13H18FNO. The van der Waals surface area contributed by atoms with Gasteiger partial charge in [-0.25, -0.2) is 4.39 Å². The van der Waals surface area contributed by atoms with Crippen LogP contribution in [0.4, 0.5) is 4.39 Å². The number of hydrogen-bond acceptors (Lipinski definition) is 2. The summed E-state index contributed by atoms with van der Waals surface area (Å²) in [5.74, 6) is -0.239. The number of nitrogens with two attached hydrogens (primary N) is 1. The zero-order valence-corrected chi connectivity index (χ0v) is 9.58. The maximum atomic E-state index is 13.1. The molecule has 1 aliphatic rings. The Bertz CT molecular complexity index is 361. The Morgan fingerprint density at radius 2 is 2.06 bits per heavy atom. The number of ether oxygens (including phenoxy) is 1. The van der Waals surface area contributed by atoms with Crippen LogP contribution in [0.25, 0.3) is 0 Å². The number of halogens is 1. The van der Waals surface area contributed by atoms with E-state index < -0.39 is 0 Å². The Morgan fingerprint density at radius 3 is 2.62 bits per heavy atom. The molecule has 1 saturated carbocycles. The van der Waals surface area contributed by atoms with Crippen LogP contribution in [-0.4, -0.2) is 12.7 Å². The Hall–Kier alpha value is -0.930. The minimum atomic E-state index is -0.298. The van der Waals surface area contributed by atoms with Crippen LogP contribution in [0.5, 0.6) is 0 Å². The summed E-state index contributed by atoms with van der Waals surface area (Å²) >= 11 is 0. The van der Waals surface area contributed by atoms with Crippen molar-refractivity contribution >= 4 is 0 Å². The second-order valence-electron chi connectivity index (χ2n) is 4.51. The summed E-state index contributed by atoms with van der Waals surface area (Å²) < 4.78 is 18.8. The minimum Gasteiger partial charge on any atom is -0.376 e. The summed E-state index contributed by atoms with van der Waals surface area (Å²) in [6.07, 6.45) is 4.19. The largest absolute Gasteiger partial charge is 0.376 e. The van der Waals surface area contributed by atoms with Gasteiger partial charge in [-0.3, -0.25) is 0 Å². The van der Waals surface area contributed by atoms with Crippen molar-refractivity contribution in [2.45, 2.75) is 37.3 Å². The van der Waals surface area contributed by atoms with Crippen LogP contribution in [0, 0.1) is 5.82 Å². The van der Waals surface area contributed by atoms with E-state index in [1.165, 1.54) is 12.1 Å². The fourth-order valence-corrected chi connectivity index (χ4v) is 2.62. The maximum Gasteiger partial charge on any atom is 0.123 e. The van der Waals surface area contributed by atoms with Crippen molar-refractivity contribution in [2.24, 2.45) is 5.73 Å². The van der Waals surface area contributed by atoms with E-state index in [2.05, 4.69) is 0 Å². The fraction of sp³-hybridized carbons (Fsp3) is 0.538. The molecule has 0 spiro atoms. The third-order valence-corrected chi connectivity index (χ3v) is 3.63. The molecule has 1 fully saturated rings. The molecule has 1 aliphatic carbocycles. The number of methoxy groups -OCH3 is 1. The molecule has 0 amide bonds. The van der Waals surface area contributed by atoms with Crippen molar-refractivity contribution in [1.29, 1.82) is 0 Å². The molecule has 16 heavy (non-hydrogen) atoms. The molecule has 1 aromatic rings. The molecule has 0 aromatic heterocycles. The summed E-state index contributed by atoms with van der Waals surface area (Å²) in [6, 6.07) is 6.26. The highest BCUT2D eigenvalue weighted by molar-refractivity contribution is 5.23. The van der Waals surface area contributed by atoms with E-state index in [4.69, 9.17) is 10.5 Å². The maximum absolute atomic E-state index is 13.1. The molecule has 0 bridgehead atoms. The molecule has 0 radical (unpaired) electrons. The molecule has 0 aliphatic heterocycles. The zero-order valence-electron chi connectivity index (χ0n) is 9.58. The van der Waals surface area contributed by atoms with Crippen molar-refractivity contribution in [3.63, 3.8) is 0 Å². The van der Waals surface area contributed by atoms with Gasteiger partial charge in [0.1, 0.15) is 5.82 Å². The zero-order chi connectivity index (χ0) is 11.6. The summed E-state index contributed by atoms with van der Waals surface area (Å²) in [5, 5.41) is 0. The first-order valence-corrected chi connectivity index (χ1v) is 5.74. The molecule has 2 rings (SSSR count). The molecular weight excluding hydrogens is 205 g/mol. The molecule has 2 N–H and O–H groups in total. The van der Waals surface area contributed by atoms with Crippen LogP contribution in [0.1, 0.15) is 37.3 Å². The molecule has 3 heteroatoms. The van der Waals surface area contributed by atoms with E-state index in [0.717, 1.165) is 31.2 Å². The summed E-state index contributed by atoms with van der Waals surface area (Å²) in [6.45, 7) is 0. The quantitative estimate of drug-likeness (QED) is 0.855. The van der Waals surface area contributed by atoms with Gasteiger partial charge < -0.3 is 10.5 Å². The van der Waals surface area contributed by atoms with Gasteiger partial charge >= 0.3 is 0 Å². The van der Waals surface area contributed by atoms with Crippen LogP contribution in [0.15, 0.2) is 24.3 Å². The van der Waals surface area contributed by atoms with Gasteiger partial charge in [0.15, 0.2) is 0 Å². The average molecular weight is 223 g/mol. The number of benzene rings is 1. The monoisotopic (exact) mass is 223 g/mol. The highest BCUT2D eigenvalue weighted by Gasteiger charge is 2.40. The first-order valence-electron chi connectivity index (χ1n) is 5.74. The van der Waals surface area contributed by atoms with Gasteiger partial charge in [-0.1, -0.05) is 25.0 Å². The lowest BCUT2D eigenvalue weighted by molar-refractivity contribution is -0.0264. The number of hydrogen-bond donors (Lipinski definition) is 1. The summed E-state index contributed by atoms with van der Waals surface area (Å²) in [5.41, 5.74) is 6.75. The van der Waals surface area contributed by atoms with Crippen molar-refractivity contribution < 1.29 is 9.13 Å². The summed E-state index contributed by atoms with van der Waals surface area (Å²) in [4.78, 5) is 0. The smallest absolute Gasteiger partial charge is 0.123 e. The van der Waals surface area contributed by atoms with Crippen molar-refractivity contribution in [2.75, 3.05) is 7.11 Å². The Kier molecular flexibility index (Phi) is 3.26. The molecule has 1 aromatic carbocycles.